The fourth-order valence-electron chi connectivity index (χ4n) is 19.9. The van der Waals surface area contributed by atoms with Crippen molar-refractivity contribution >= 4 is 131 Å². The predicted molar refractivity (Wildman–Crippen MR) is 483 cm³/mol. The van der Waals surface area contributed by atoms with E-state index < -0.39 is 0 Å². The molecule has 0 amide bonds. The van der Waals surface area contributed by atoms with Crippen molar-refractivity contribution in [3.05, 3.63) is 408 Å². The van der Waals surface area contributed by atoms with Crippen LogP contribution in [0.5, 0.6) is 0 Å². The lowest BCUT2D eigenvalue weighted by Crippen LogP contribution is -1.95. The molecule has 0 saturated carbocycles. The molecule has 17 aromatic carbocycles. The maximum atomic E-state index is 6.51. The summed E-state index contributed by atoms with van der Waals surface area (Å²) in [4.78, 5) is 0. The van der Waals surface area contributed by atoms with Crippen LogP contribution in [0.4, 0.5) is 0 Å². The van der Waals surface area contributed by atoms with E-state index >= 15 is 0 Å². The maximum absolute atomic E-state index is 6.51. The van der Waals surface area contributed by atoms with Crippen molar-refractivity contribution in [1.82, 2.24) is 22.8 Å². The molecule has 0 atom stereocenters. The fourth-order valence-corrected chi connectivity index (χ4v) is 19.9. The molecule has 6 heterocycles. The average molecular weight is 1470 g/mol. The highest BCUT2D eigenvalue weighted by Gasteiger charge is 2.29. The minimum atomic E-state index is 0.911. The van der Waals surface area contributed by atoms with Gasteiger partial charge in [0.1, 0.15) is 5.58 Å². The summed E-state index contributed by atoms with van der Waals surface area (Å²) < 4.78 is 18.4. The third kappa shape index (κ3) is 10.2. The summed E-state index contributed by atoms with van der Waals surface area (Å²) in [5.41, 5.74) is 40.0. The molecule has 115 heavy (non-hydrogen) atoms. The van der Waals surface area contributed by atoms with Crippen molar-refractivity contribution in [2.24, 2.45) is 7.05 Å². The summed E-state index contributed by atoms with van der Waals surface area (Å²) in [5, 5.41) is 15.5. The summed E-state index contributed by atoms with van der Waals surface area (Å²) >= 11 is 0. The molecule has 26 rings (SSSR count). The Hall–Kier alpha value is -14.5. The number of hydrogen-bond acceptors (Lipinski definition) is 1. The smallest absolute Gasteiger partial charge is 0.159 e. The summed E-state index contributed by atoms with van der Waals surface area (Å²) in [7, 11) is 2.16. The summed E-state index contributed by atoms with van der Waals surface area (Å²) in [5.74, 6) is 0. The topological polar surface area (TPSA) is 37.8 Å². The van der Waals surface area contributed by atoms with E-state index in [0.717, 1.165) is 46.9 Å². The van der Waals surface area contributed by atoms with Crippen LogP contribution in [-0.2, 0) is 26.3 Å². The van der Waals surface area contributed by atoms with Crippen LogP contribution in [0, 0.1) is 20.8 Å². The van der Waals surface area contributed by atoms with E-state index in [4.69, 9.17) is 4.42 Å². The van der Waals surface area contributed by atoms with E-state index in [2.05, 4.69) is 403 Å². The number of hydrogen-bond donors (Lipinski definition) is 0. The molecular weight excluding hydrogens is 1400 g/mol. The number of fused-ring (bicyclic) bond motifs is 31. The average Bonchev–Trinajstić information content (AvgIpc) is 1.56. The number of furan rings is 1. The van der Waals surface area contributed by atoms with Crippen LogP contribution in [0.15, 0.2) is 362 Å². The van der Waals surface area contributed by atoms with Gasteiger partial charge in [0, 0.05) is 99.8 Å². The molecule has 0 radical (unpaired) electrons. The molecule has 3 aliphatic carbocycles. The molecule has 0 saturated heterocycles. The molecule has 6 aromatic heterocycles. The monoisotopic (exact) mass is 1470 g/mol. The zero-order chi connectivity index (χ0) is 76.3. The summed E-state index contributed by atoms with van der Waals surface area (Å²) in [6.45, 7) is 6.43. The van der Waals surface area contributed by atoms with Gasteiger partial charge in [0.2, 0.25) is 0 Å². The SMILES string of the molecule is Cc1ccc(-n2c3ccccc3c3c4c(ccc32)Cc2ccccc2-4)cc1.Cc1ccc(-n2c3ccccc3c3c4c5ccccc5n(-c5cccc6c5oc5ccccc56)c4ccc32)cc1.Cc1cccc(-n2c3ccccc3c3c4c(ccc32)Cc2ccccc2-4)c1.Cn1c2ccccc2c2c3c(ccc21)Cc1ccccc1-3. The first-order chi connectivity index (χ1) is 56.7. The highest BCUT2D eigenvalue weighted by molar-refractivity contribution is 6.30. The molecule has 0 N–H and O–H groups in total. The zero-order valence-electron chi connectivity index (χ0n) is 64.3. The Kier molecular flexibility index (Phi) is 15.0. The van der Waals surface area contributed by atoms with Gasteiger partial charge in [-0.15, -0.1) is 0 Å². The molecule has 3 aliphatic rings. The number of rotatable bonds is 4. The van der Waals surface area contributed by atoms with Crippen LogP contribution < -0.4 is 0 Å². The van der Waals surface area contributed by atoms with Gasteiger partial charge < -0.3 is 27.3 Å². The van der Waals surface area contributed by atoms with Crippen LogP contribution in [-0.4, -0.2) is 22.8 Å². The zero-order valence-corrected chi connectivity index (χ0v) is 64.3. The van der Waals surface area contributed by atoms with Gasteiger partial charge in [-0.3, -0.25) is 0 Å². The van der Waals surface area contributed by atoms with Crippen molar-refractivity contribution in [2.75, 3.05) is 0 Å². The van der Waals surface area contributed by atoms with E-state index in [-0.39, 0.29) is 0 Å². The van der Waals surface area contributed by atoms with E-state index in [1.807, 2.05) is 6.07 Å². The summed E-state index contributed by atoms with van der Waals surface area (Å²) in [6.07, 6.45) is 3.13. The van der Waals surface area contributed by atoms with Crippen molar-refractivity contribution in [1.29, 1.82) is 0 Å². The predicted octanol–water partition coefficient (Wildman–Crippen LogP) is 28.3. The van der Waals surface area contributed by atoms with Crippen molar-refractivity contribution in [3.63, 3.8) is 0 Å². The molecule has 0 unspecified atom stereocenters. The van der Waals surface area contributed by atoms with Gasteiger partial charge in [0.25, 0.3) is 0 Å². The van der Waals surface area contributed by atoms with Crippen LogP contribution in [0.25, 0.3) is 187 Å². The number of aryl methyl sites for hydroxylation is 4. The molecule has 0 spiro atoms. The second-order valence-electron chi connectivity index (χ2n) is 31.6. The lowest BCUT2D eigenvalue weighted by atomic mass is 9.99. The highest BCUT2D eigenvalue weighted by atomic mass is 16.3. The third-order valence-electron chi connectivity index (χ3n) is 25.0. The van der Waals surface area contributed by atoms with Gasteiger partial charge in [-0.25, -0.2) is 0 Å². The first-order valence-electron chi connectivity index (χ1n) is 40.2. The quantitative estimate of drug-likeness (QED) is 0.173. The Labute approximate surface area is 665 Å². The summed E-state index contributed by atoms with van der Waals surface area (Å²) in [6, 6.07) is 130. The first kappa shape index (κ1) is 66.3. The number of nitrogens with zero attached hydrogens (tertiary/aromatic N) is 5. The van der Waals surface area contributed by atoms with E-state index in [9.17, 15) is 0 Å². The van der Waals surface area contributed by atoms with Crippen molar-refractivity contribution in [2.45, 2.75) is 40.0 Å². The first-order valence-corrected chi connectivity index (χ1v) is 40.2. The van der Waals surface area contributed by atoms with Gasteiger partial charge in [-0.05, 0) is 222 Å². The Morgan fingerprint density at radius 2 is 0.574 bits per heavy atom. The Morgan fingerprint density at radius 3 is 1.06 bits per heavy atom. The van der Waals surface area contributed by atoms with Crippen LogP contribution in [0.2, 0.25) is 0 Å². The van der Waals surface area contributed by atoms with Crippen molar-refractivity contribution in [3.8, 4) is 56.1 Å². The molecule has 23 aromatic rings. The van der Waals surface area contributed by atoms with E-state index in [0.29, 0.717) is 0 Å². The third-order valence-corrected chi connectivity index (χ3v) is 25.0. The highest BCUT2D eigenvalue weighted by Crippen LogP contribution is 2.51. The van der Waals surface area contributed by atoms with Gasteiger partial charge in [-0.2, -0.15) is 0 Å². The second kappa shape index (κ2) is 26.1. The fraction of sp³-hybridized carbons (Fsp3) is 0.0642. The lowest BCUT2D eigenvalue weighted by Gasteiger charge is -2.10. The molecule has 0 fully saturated rings. The number of aromatic nitrogens is 5. The standard InChI is InChI=1S/C37H24N2O.2C26H19N.C20H15N/c1-23-17-19-24(20-18-23)38-29-13-5-2-10-27(29)35-31(38)21-22-32-36(35)28-11-3-6-14-30(28)39(32)33-15-8-12-26-25-9-4-7-16-34(25)40-37(26)33;1-17-7-6-9-20(15-17)27-23-12-5-4-11-22(23)26-24(27)14-13-19-16-18-8-2-3-10-21(18)25(19)26;1-17-10-13-20(14-11-17)27-23-9-5-4-8-22(23)26-24(27)15-12-19-16-18-6-2-3-7-21(18)25(19)26;1-21-17-9-5-4-8-16(17)20-18(21)11-10-14-12-13-6-2-3-7-15(13)19(14)20/h2-22H,1H3;2*2-15H,16H2,1H3;2-11H,12H2,1H3. The normalized spacial score (nSPS) is 12.4. The van der Waals surface area contributed by atoms with Gasteiger partial charge in [0.15, 0.2) is 5.58 Å². The van der Waals surface area contributed by atoms with Crippen LogP contribution in [0.3, 0.4) is 0 Å². The Bertz CT molecular complexity index is 7980. The molecule has 0 aliphatic heterocycles. The van der Waals surface area contributed by atoms with E-state index in [1.165, 1.54) is 210 Å². The molecule has 6 heteroatoms. The van der Waals surface area contributed by atoms with E-state index in [1.54, 1.807) is 0 Å². The number of para-hydroxylation sites is 7. The number of benzene rings is 17. The lowest BCUT2D eigenvalue weighted by molar-refractivity contribution is 0.666. The Balaban J connectivity index is 0.0000000932. The molecule has 0 bridgehead atoms. The largest absolute Gasteiger partial charge is 0.454 e. The minimum absolute atomic E-state index is 0.911. The minimum Gasteiger partial charge on any atom is -0.454 e. The molecular formula is C109H77N5O. The van der Waals surface area contributed by atoms with Gasteiger partial charge >= 0.3 is 0 Å². The maximum Gasteiger partial charge on any atom is 0.159 e. The van der Waals surface area contributed by atoms with Gasteiger partial charge in [0.05, 0.1) is 49.8 Å². The molecule has 544 valence electrons. The van der Waals surface area contributed by atoms with Gasteiger partial charge in [-0.1, -0.05) is 260 Å². The molecule has 6 nitrogen and oxygen atoms in total. The Morgan fingerprint density at radius 1 is 0.226 bits per heavy atom. The van der Waals surface area contributed by atoms with Crippen molar-refractivity contribution < 1.29 is 4.42 Å². The van der Waals surface area contributed by atoms with Crippen LogP contribution >= 0.6 is 0 Å². The second-order valence-corrected chi connectivity index (χ2v) is 31.6. The van der Waals surface area contributed by atoms with Crippen LogP contribution in [0.1, 0.15) is 50.1 Å².